The zero-order chi connectivity index (χ0) is 29.2. The second-order valence-corrected chi connectivity index (χ2v) is 13.1. The van der Waals surface area contributed by atoms with Crippen molar-refractivity contribution in [2.24, 2.45) is 0 Å². The Kier molecular flexibility index (Phi) is 4.49. The normalized spacial score (nSPS) is 12.4. The minimum Gasteiger partial charge on any atom is -0.456 e. The highest BCUT2D eigenvalue weighted by atomic mass is 32.1. The minimum atomic E-state index is 0.909. The van der Waals surface area contributed by atoms with Crippen molar-refractivity contribution in [1.29, 1.82) is 0 Å². The van der Waals surface area contributed by atoms with Crippen LogP contribution in [-0.2, 0) is 0 Å². The van der Waals surface area contributed by atoms with Crippen LogP contribution in [0.15, 0.2) is 144 Å². The fourth-order valence-corrected chi connectivity index (χ4v) is 9.04. The second-order valence-electron chi connectivity index (χ2n) is 12.1. The van der Waals surface area contributed by atoms with Gasteiger partial charge in [0, 0.05) is 48.1 Å². The number of aromatic nitrogens is 1. The molecule has 45 heavy (non-hydrogen) atoms. The van der Waals surface area contributed by atoms with E-state index in [9.17, 15) is 0 Å². The lowest BCUT2D eigenvalue weighted by Crippen LogP contribution is -1.95. The van der Waals surface area contributed by atoms with Crippen LogP contribution in [0.3, 0.4) is 0 Å². The molecule has 0 unspecified atom stereocenters. The summed E-state index contributed by atoms with van der Waals surface area (Å²) in [5.74, 6) is 0. The van der Waals surface area contributed by atoms with E-state index in [2.05, 4.69) is 144 Å². The smallest absolute Gasteiger partial charge is 0.136 e. The van der Waals surface area contributed by atoms with E-state index in [0.29, 0.717) is 0 Å². The third kappa shape index (κ3) is 3.08. The number of hydrogen-bond donors (Lipinski definition) is 0. The van der Waals surface area contributed by atoms with Crippen molar-refractivity contribution in [2.75, 3.05) is 0 Å². The van der Waals surface area contributed by atoms with Gasteiger partial charge in [0.05, 0.1) is 15.7 Å². The molecule has 0 atom stereocenters. The Morgan fingerprint density at radius 2 is 1.09 bits per heavy atom. The van der Waals surface area contributed by atoms with Gasteiger partial charge in [-0.1, -0.05) is 103 Å². The van der Waals surface area contributed by atoms with Gasteiger partial charge in [0.1, 0.15) is 11.2 Å². The first kappa shape index (κ1) is 23.8. The average Bonchev–Trinajstić information content (AvgIpc) is 3.77. The molecule has 0 aliphatic carbocycles. The van der Waals surface area contributed by atoms with Gasteiger partial charge in [-0.15, -0.1) is 11.3 Å². The molecule has 2 nitrogen and oxygen atoms in total. The molecule has 0 bridgehead atoms. The molecule has 8 aromatic carbocycles. The Morgan fingerprint density at radius 3 is 1.93 bits per heavy atom. The zero-order valence-corrected chi connectivity index (χ0v) is 24.9. The van der Waals surface area contributed by atoms with Crippen LogP contribution in [0.4, 0.5) is 0 Å². The molecule has 208 valence electrons. The van der Waals surface area contributed by atoms with Gasteiger partial charge >= 0.3 is 0 Å². The fourth-order valence-electron chi connectivity index (χ4n) is 7.78. The van der Waals surface area contributed by atoms with E-state index in [4.69, 9.17) is 4.42 Å². The Bertz CT molecular complexity index is 3050. The van der Waals surface area contributed by atoms with Crippen molar-refractivity contribution in [1.82, 2.24) is 4.57 Å². The van der Waals surface area contributed by atoms with Crippen LogP contribution in [0.25, 0.3) is 102 Å². The van der Waals surface area contributed by atoms with Crippen LogP contribution in [-0.4, -0.2) is 4.57 Å². The Labute approximate surface area is 260 Å². The fraction of sp³-hybridized carbons (Fsp3) is 0. The predicted octanol–water partition coefficient (Wildman–Crippen LogP) is 12.5. The lowest BCUT2D eigenvalue weighted by molar-refractivity contribution is 0.669. The van der Waals surface area contributed by atoms with Gasteiger partial charge < -0.3 is 8.98 Å². The molecule has 3 aromatic heterocycles. The second kappa shape index (κ2) is 8.50. The molecule has 0 radical (unpaired) electrons. The van der Waals surface area contributed by atoms with Crippen LogP contribution in [0, 0.1) is 0 Å². The van der Waals surface area contributed by atoms with Crippen molar-refractivity contribution in [2.45, 2.75) is 0 Å². The third-order valence-electron chi connectivity index (χ3n) is 9.71. The maximum atomic E-state index is 6.44. The molecule has 0 aliphatic rings. The lowest BCUT2D eigenvalue weighted by atomic mass is 9.98. The van der Waals surface area contributed by atoms with Crippen molar-refractivity contribution >= 4 is 108 Å². The molecule has 3 heterocycles. The molecule has 3 heteroatoms. The summed E-state index contributed by atoms with van der Waals surface area (Å²) in [5, 5.41) is 15.1. The first-order valence-corrected chi connectivity index (χ1v) is 16.2. The number of benzene rings is 8. The number of fused-ring (bicyclic) bond motifs is 16. The maximum absolute atomic E-state index is 6.44. The van der Waals surface area contributed by atoms with Crippen molar-refractivity contribution in [3.8, 4) is 5.69 Å². The Morgan fingerprint density at radius 1 is 0.422 bits per heavy atom. The van der Waals surface area contributed by atoms with Gasteiger partial charge in [0.15, 0.2) is 0 Å². The molecule has 11 rings (SSSR count). The van der Waals surface area contributed by atoms with Crippen molar-refractivity contribution in [3.05, 3.63) is 140 Å². The zero-order valence-electron chi connectivity index (χ0n) is 24.0. The third-order valence-corrected chi connectivity index (χ3v) is 10.9. The number of hydrogen-bond acceptors (Lipinski definition) is 2. The van der Waals surface area contributed by atoms with Gasteiger partial charge in [-0.3, -0.25) is 0 Å². The van der Waals surface area contributed by atoms with E-state index in [0.717, 1.165) is 27.6 Å². The summed E-state index contributed by atoms with van der Waals surface area (Å²) in [4.78, 5) is 0. The van der Waals surface area contributed by atoms with Gasteiger partial charge in [-0.2, -0.15) is 0 Å². The highest BCUT2D eigenvalue weighted by molar-refractivity contribution is 7.27. The molecule has 0 amide bonds. The van der Waals surface area contributed by atoms with E-state index in [1.54, 1.807) is 0 Å². The molecular weight excluding hydrogens is 567 g/mol. The van der Waals surface area contributed by atoms with E-state index in [1.165, 1.54) is 74.3 Å². The van der Waals surface area contributed by atoms with Crippen LogP contribution in [0.2, 0.25) is 0 Å². The number of furan rings is 1. The average molecular weight is 590 g/mol. The summed E-state index contributed by atoms with van der Waals surface area (Å²) in [7, 11) is 0. The SMILES string of the molecule is c1ccc2cc3c(cc2c1)oc1ccc(-n2c4c5ccccc5ccc4c4c5ccccc5c5c6ccccc6sc5c42)cc13. The lowest BCUT2D eigenvalue weighted by Gasteiger charge is -2.11. The van der Waals surface area contributed by atoms with Crippen LogP contribution in [0.1, 0.15) is 0 Å². The molecule has 0 aliphatic heterocycles. The Balaban J connectivity index is 1.39. The summed E-state index contributed by atoms with van der Waals surface area (Å²) in [5.41, 5.74) is 5.49. The van der Waals surface area contributed by atoms with Gasteiger partial charge in [-0.05, 0) is 63.3 Å². The minimum absolute atomic E-state index is 0.909. The standard InChI is InChI=1S/C42H23NOS/c1-2-11-26-22-36-33(21-25(26)10-1)34-23-27(18-20-35(34)44-36)43-40-28-12-4-3-9-24(28)17-19-32(40)38-29-13-5-6-14-30(29)39-31-15-7-8-16-37(31)45-42(39)41(38)43/h1-23H. The molecular formula is C42H23NOS. The molecule has 0 saturated carbocycles. The first-order valence-electron chi connectivity index (χ1n) is 15.4. The Hall–Kier alpha value is -5.64. The summed E-state index contributed by atoms with van der Waals surface area (Å²) < 4.78 is 11.6. The largest absolute Gasteiger partial charge is 0.456 e. The quantitative estimate of drug-likeness (QED) is 0.186. The summed E-state index contributed by atoms with van der Waals surface area (Å²) in [6.45, 7) is 0. The molecule has 0 spiro atoms. The molecule has 0 fully saturated rings. The first-order chi connectivity index (χ1) is 22.3. The van der Waals surface area contributed by atoms with E-state index >= 15 is 0 Å². The molecule has 0 N–H and O–H groups in total. The van der Waals surface area contributed by atoms with E-state index in [-0.39, 0.29) is 0 Å². The predicted molar refractivity (Wildman–Crippen MR) is 193 cm³/mol. The highest BCUT2D eigenvalue weighted by Gasteiger charge is 2.23. The highest BCUT2D eigenvalue weighted by Crippen LogP contribution is 2.49. The summed E-state index contributed by atoms with van der Waals surface area (Å²) in [6, 6.07) is 50.9. The summed E-state index contributed by atoms with van der Waals surface area (Å²) >= 11 is 1.91. The molecule has 0 saturated heterocycles. The van der Waals surface area contributed by atoms with Crippen molar-refractivity contribution in [3.63, 3.8) is 0 Å². The van der Waals surface area contributed by atoms with Crippen LogP contribution < -0.4 is 0 Å². The maximum Gasteiger partial charge on any atom is 0.136 e. The number of thiophene rings is 1. The van der Waals surface area contributed by atoms with Gasteiger partial charge in [-0.25, -0.2) is 0 Å². The summed E-state index contributed by atoms with van der Waals surface area (Å²) in [6.07, 6.45) is 0. The van der Waals surface area contributed by atoms with Gasteiger partial charge in [0.25, 0.3) is 0 Å². The topological polar surface area (TPSA) is 18.1 Å². The van der Waals surface area contributed by atoms with E-state index in [1.807, 2.05) is 11.3 Å². The number of nitrogens with zero attached hydrogens (tertiary/aromatic N) is 1. The van der Waals surface area contributed by atoms with Crippen LogP contribution in [0.5, 0.6) is 0 Å². The number of rotatable bonds is 1. The van der Waals surface area contributed by atoms with Crippen molar-refractivity contribution < 1.29 is 4.42 Å². The van der Waals surface area contributed by atoms with Crippen LogP contribution >= 0.6 is 11.3 Å². The van der Waals surface area contributed by atoms with E-state index < -0.39 is 0 Å². The molecule has 11 aromatic rings. The monoisotopic (exact) mass is 589 g/mol. The van der Waals surface area contributed by atoms with Gasteiger partial charge in [0.2, 0.25) is 0 Å².